The maximum Gasteiger partial charge on any atom is 0.269 e. The monoisotopic (exact) mass is 549 g/mol. The third kappa shape index (κ3) is 5.01. The molecule has 1 N–H and O–H groups in total. The molecule has 3 aromatic carbocycles. The zero-order valence-corrected chi connectivity index (χ0v) is 22.3. The Morgan fingerprint density at radius 3 is 2.18 bits per heavy atom. The fraction of sp³-hybridized carbons (Fsp3) is 0.0667. The number of hydrogen-bond donors (Lipinski definition) is 1. The maximum absolute atomic E-state index is 11.0. The van der Waals surface area contributed by atoms with Gasteiger partial charge in [-0.2, -0.15) is 0 Å². The van der Waals surface area contributed by atoms with Crippen molar-refractivity contribution in [3.63, 3.8) is 0 Å². The van der Waals surface area contributed by atoms with Crippen molar-refractivity contribution in [1.29, 1.82) is 0 Å². The summed E-state index contributed by atoms with van der Waals surface area (Å²) in [6.07, 6.45) is 3.88. The number of nitrogens with one attached hydrogen (secondary N) is 1. The van der Waals surface area contributed by atoms with Crippen LogP contribution in [0.1, 0.15) is 23.5 Å². The number of anilines is 1. The Hall–Kier alpha value is -4.47. The smallest absolute Gasteiger partial charge is 0.269 e. The van der Waals surface area contributed by atoms with E-state index in [0.29, 0.717) is 5.11 Å². The van der Waals surface area contributed by atoms with E-state index in [4.69, 9.17) is 12.2 Å². The van der Waals surface area contributed by atoms with Crippen molar-refractivity contribution in [1.82, 2.24) is 14.9 Å². The Balaban J connectivity index is 1.35. The molecule has 2 aromatic heterocycles. The van der Waals surface area contributed by atoms with Gasteiger partial charge in [0.2, 0.25) is 0 Å². The number of nitrogens with zero attached hydrogens (tertiary/aromatic N) is 4. The van der Waals surface area contributed by atoms with Gasteiger partial charge in [0, 0.05) is 51.4 Å². The summed E-state index contributed by atoms with van der Waals surface area (Å²) in [5.41, 5.74) is 4.13. The second-order valence-electron chi connectivity index (χ2n) is 8.98. The summed E-state index contributed by atoms with van der Waals surface area (Å²) in [6.45, 7) is 0. The van der Waals surface area contributed by atoms with Crippen molar-refractivity contribution in [2.75, 3.05) is 4.90 Å². The van der Waals surface area contributed by atoms with Crippen molar-refractivity contribution in [3.8, 4) is 5.69 Å². The number of non-ortho nitro benzene ring substituents is 1. The summed E-state index contributed by atoms with van der Waals surface area (Å²) in [5, 5.41) is 15.1. The molecule has 0 amide bonds. The third-order valence-electron chi connectivity index (χ3n) is 6.61. The van der Waals surface area contributed by atoms with Crippen molar-refractivity contribution in [2.24, 2.45) is 0 Å². The Labute approximate surface area is 235 Å². The largest absolute Gasteiger partial charge is 0.351 e. The van der Waals surface area contributed by atoms with Crippen LogP contribution in [0.4, 0.5) is 11.4 Å². The molecule has 0 saturated carbocycles. The number of aromatic nitrogens is 2. The first kappa shape index (κ1) is 24.8. The predicted octanol–water partition coefficient (Wildman–Crippen LogP) is 7.11. The number of benzene rings is 3. The second kappa shape index (κ2) is 10.7. The van der Waals surface area contributed by atoms with Gasteiger partial charge in [-0.1, -0.05) is 36.0 Å². The second-order valence-corrected chi connectivity index (χ2v) is 10.5. The van der Waals surface area contributed by atoms with Gasteiger partial charge in [-0.25, -0.2) is 0 Å². The highest BCUT2D eigenvalue weighted by Gasteiger charge is 2.42. The predicted molar refractivity (Wildman–Crippen MR) is 157 cm³/mol. The molecule has 2 atom stereocenters. The highest BCUT2D eigenvalue weighted by atomic mass is 32.2. The lowest BCUT2D eigenvalue weighted by Crippen LogP contribution is -2.30. The lowest BCUT2D eigenvalue weighted by molar-refractivity contribution is -0.384. The summed E-state index contributed by atoms with van der Waals surface area (Å²) in [4.78, 5) is 19.3. The molecule has 3 heterocycles. The van der Waals surface area contributed by atoms with E-state index in [1.807, 2.05) is 48.5 Å². The van der Waals surface area contributed by atoms with Gasteiger partial charge >= 0.3 is 0 Å². The molecule has 5 aromatic rings. The van der Waals surface area contributed by atoms with E-state index in [0.717, 1.165) is 32.6 Å². The summed E-state index contributed by atoms with van der Waals surface area (Å²) in [7, 11) is 0. The van der Waals surface area contributed by atoms with E-state index in [2.05, 4.69) is 62.4 Å². The van der Waals surface area contributed by atoms with E-state index in [1.54, 1.807) is 30.1 Å². The standard InChI is InChI=1S/C30H23N5O2S2/c36-35(37)23-13-17-25(18-14-23)39-24-15-11-22(12-16-24)34-29(28(32-30(34)38)26-9-4-5-19-31-26)27-10-6-20-33(27)21-7-2-1-3-8-21/h1-20,28-29H,(H,32,38)/t28-,29+/m1/s1. The normalized spacial score (nSPS) is 16.7. The van der Waals surface area contributed by atoms with Crippen LogP contribution >= 0.6 is 24.0 Å². The van der Waals surface area contributed by atoms with Crippen LogP contribution in [0, 0.1) is 10.1 Å². The third-order valence-corrected chi connectivity index (χ3v) is 7.94. The van der Waals surface area contributed by atoms with E-state index in [-0.39, 0.29) is 22.7 Å². The summed E-state index contributed by atoms with van der Waals surface area (Å²) in [6, 6.07) is 34.9. The molecule has 0 bridgehead atoms. The van der Waals surface area contributed by atoms with Crippen LogP contribution < -0.4 is 10.2 Å². The molecule has 192 valence electrons. The molecule has 0 aliphatic carbocycles. The van der Waals surface area contributed by atoms with Gasteiger partial charge in [0.05, 0.1) is 16.7 Å². The van der Waals surface area contributed by atoms with E-state index >= 15 is 0 Å². The first-order valence-corrected chi connectivity index (χ1v) is 13.6. The summed E-state index contributed by atoms with van der Waals surface area (Å²) >= 11 is 7.45. The summed E-state index contributed by atoms with van der Waals surface area (Å²) < 4.78 is 2.20. The highest BCUT2D eigenvalue weighted by Crippen LogP contribution is 2.43. The van der Waals surface area contributed by atoms with Crippen molar-refractivity contribution >= 4 is 40.5 Å². The molecule has 1 fully saturated rings. The lowest BCUT2D eigenvalue weighted by atomic mass is 10.0. The van der Waals surface area contributed by atoms with Gasteiger partial charge < -0.3 is 14.8 Å². The quantitative estimate of drug-likeness (QED) is 0.132. The van der Waals surface area contributed by atoms with E-state index in [9.17, 15) is 10.1 Å². The Kier molecular flexibility index (Phi) is 6.83. The molecule has 1 saturated heterocycles. The molecule has 9 heteroatoms. The van der Waals surface area contributed by atoms with Gasteiger partial charge in [0.25, 0.3) is 5.69 Å². The fourth-order valence-electron chi connectivity index (χ4n) is 4.84. The first-order chi connectivity index (χ1) is 19.1. The molecule has 0 unspecified atom stereocenters. The molecule has 1 aliphatic rings. The van der Waals surface area contributed by atoms with Crippen LogP contribution in [0.15, 0.2) is 131 Å². The Bertz CT molecular complexity index is 1610. The summed E-state index contributed by atoms with van der Waals surface area (Å²) in [5.74, 6) is 0. The van der Waals surface area contributed by atoms with Gasteiger partial charge in [-0.3, -0.25) is 15.1 Å². The van der Waals surface area contributed by atoms with Crippen LogP contribution in [0.2, 0.25) is 0 Å². The fourth-order valence-corrected chi connectivity index (χ4v) is 6.00. The van der Waals surface area contributed by atoms with Crippen LogP contribution in [0.25, 0.3) is 5.69 Å². The minimum Gasteiger partial charge on any atom is -0.351 e. The van der Waals surface area contributed by atoms with Crippen molar-refractivity contribution < 1.29 is 4.92 Å². The van der Waals surface area contributed by atoms with E-state index < -0.39 is 0 Å². The number of thiocarbonyl (C=S) groups is 1. The topological polar surface area (TPSA) is 76.2 Å². The number of nitro benzene ring substituents is 1. The van der Waals surface area contributed by atoms with Crippen LogP contribution in [-0.2, 0) is 0 Å². The molecule has 39 heavy (non-hydrogen) atoms. The number of pyridine rings is 1. The van der Waals surface area contributed by atoms with Gasteiger partial charge in [0.15, 0.2) is 5.11 Å². The SMILES string of the molecule is O=[N+]([O-])c1ccc(Sc2ccc(N3C(=S)N[C@H](c4ccccn4)[C@@H]3c3cccn3-c3ccccc3)cc2)cc1. The minimum atomic E-state index is -0.390. The zero-order valence-electron chi connectivity index (χ0n) is 20.6. The number of para-hydroxylation sites is 1. The molecule has 7 nitrogen and oxygen atoms in total. The first-order valence-electron chi connectivity index (χ1n) is 12.3. The van der Waals surface area contributed by atoms with Crippen LogP contribution in [0.5, 0.6) is 0 Å². The molecular weight excluding hydrogens is 526 g/mol. The molecule has 6 rings (SSSR count). The molecule has 0 spiro atoms. The molecule has 1 aliphatic heterocycles. The van der Waals surface area contributed by atoms with Crippen LogP contribution in [-0.4, -0.2) is 19.6 Å². The van der Waals surface area contributed by atoms with Gasteiger partial charge in [-0.05, 0) is 85.0 Å². The van der Waals surface area contributed by atoms with E-state index in [1.165, 1.54) is 12.1 Å². The highest BCUT2D eigenvalue weighted by molar-refractivity contribution is 7.99. The number of rotatable bonds is 7. The average molecular weight is 550 g/mol. The Morgan fingerprint density at radius 2 is 1.51 bits per heavy atom. The molecule has 0 radical (unpaired) electrons. The van der Waals surface area contributed by atoms with Gasteiger partial charge in [-0.15, -0.1) is 0 Å². The number of hydrogen-bond acceptors (Lipinski definition) is 5. The van der Waals surface area contributed by atoms with Gasteiger partial charge in [0.1, 0.15) is 6.04 Å². The minimum absolute atomic E-state index is 0.0819. The van der Waals surface area contributed by atoms with Crippen molar-refractivity contribution in [2.45, 2.75) is 21.9 Å². The lowest BCUT2D eigenvalue weighted by Gasteiger charge is -2.29. The maximum atomic E-state index is 11.0. The number of nitro groups is 1. The Morgan fingerprint density at radius 1 is 0.821 bits per heavy atom. The molecular formula is C30H23N5O2S2. The van der Waals surface area contributed by atoms with Crippen molar-refractivity contribution in [3.05, 3.63) is 143 Å². The average Bonchev–Trinajstić information content (AvgIpc) is 3.59. The van der Waals surface area contributed by atoms with Crippen LogP contribution in [0.3, 0.4) is 0 Å². The zero-order chi connectivity index (χ0) is 26.8.